The molecule has 1 saturated carbocycles. The summed E-state index contributed by atoms with van der Waals surface area (Å²) in [6.07, 6.45) is 1.85. The van der Waals surface area contributed by atoms with E-state index in [-0.39, 0.29) is 11.4 Å². The molecule has 0 unspecified atom stereocenters. The molecular weight excluding hydrogens is 250 g/mol. The molecule has 5 heteroatoms. The predicted octanol–water partition coefficient (Wildman–Crippen LogP) is 2.40. The van der Waals surface area contributed by atoms with Crippen molar-refractivity contribution in [2.24, 2.45) is 0 Å². The standard InChI is InChI=1S/C13H15NO3S/c15-12(9-5-2-1-3-6-9)14-13(16)17-10-7-4-8-11(10)18/h1-3,5-6,10-11,18H,4,7-8H2,(H,14,15,16)/t10-,11-/m1/s1. The van der Waals surface area contributed by atoms with Gasteiger partial charge in [-0.2, -0.15) is 12.6 Å². The summed E-state index contributed by atoms with van der Waals surface area (Å²) in [5.41, 5.74) is 0.434. The van der Waals surface area contributed by atoms with Crippen LogP contribution < -0.4 is 5.32 Å². The van der Waals surface area contributed by atoms with Gasteiger partial charge in [-0.25, -0.2) is 4.79 Å². The van der Waals surface area contributed by atoms with Gasteiger partial charge < -0.3 is 4.74 Å². The summed E-state index contributed by atoms with van der Waals surface area (Å²) in [5.74, 6) is -0.450. The van der Waals surface area contributed by atoms with Crippen molar-refractivity contribution in [3.05, 3.63) is 35.9 Å². The lowest BCUT2D eigenvalue weighted by Gasteiger charge is -2.15. The number of thiol groups is 1. The molecule has 96 valence electrons. The van der Waals surface area contributed by atoms with E-state index >= 15 is 0 Å². The summed E-state index contributed by atoms with van der Waals surface area (Å²) in [7, 11) is 0. The van der Waals surface area contributed by atoms with Gasteiger partial charge in [-0.05, 0) is 31.4 Å². The fourth-order valence-corrected chi connectivity index (χ4v) is 2.36. The Balaban J connectivity index is 1.86. The Morgan fingerprint density at radius 2 is 1.94 bits per heavy atom. The molecule has 0 saturated heterocycles. The lowest BCUT2D eigenvalue weighted by Crippen LogP contribution is -2.35. The lowest BCUT2D eigenvalue weighted by molar-refractivity contribution is 0.0843. The van der Waals surface area contributed by atoms with Crippen molar-refractivity contribution in [1.82, 2.24) is 5.32 Å². The number of alkyl carbamates (subject to hydrolysis) is 1. The van der Waals surface area contributed by atoms with Crippen molar-refractivity contribution < 1.29 is 14.3 Å². The van der Waals surface area contributed by atoms with E-state index in [0.29, 0.717) is 5.56 Å². The molecule has 1 aliphatic carbocycles. The average molecular weight is 265 g/mol. The maximum Gasteiger partial charge on any atom is 0.414 e. The Morgan fingerprint density at radius 1 is 1.22 bits per heavy atom. The van der Waals surface area contributed by atoms with Crippen molar-refractivity contribution in [2.45, 2.75) is 30.6 Å². The fraction of sp³-hybridized carbons (Fsp3) is 0.385. The minimum atomic E-state index is -0.699. The summed E-state index contributed by atoms with van der Waals surface area (Å²) >= 11 is 4.33. The molecule has 0 radical (unpaired) electrons. The quantitative estimate of drug-likeness (QED) is 0.807. The first-order valence-electron chi connectivity index (χ1n) is 5.92. The van der Waals surface area contributed by atoms with Crippen LogP contribution in [0.25, 0.3) is 0 Å². The third-order valence-corrected chi connectivity index (χ3v) is 3.52. The first-order valence-corrected chi connectivity index (χ1v) is 6.43. The minimum absolute atomic E-state index is 0.0718. The number of carbonyl (C=O) groups excluding carboxylic acids is 2. The van der Waals surface area contributed by atoms with E-state index in [1.54, 1.807) is 30.3 Å². The van der Waals surface area contributed by atoms with Gasteiger partial charge >= 0.3 is 6.09 Å². The van der Waals surface area contributed by atoms with Crippen molar-refractivity contribution in [3.63, 3.8) is 0 Å². The molecule has 0 aromatic heterocycles. The zero-order valence-corrected chi connectivity index (χ0v) is 10.7. The van der Waals surface area contributed by atoms with Crippen molar-refractivity contribution >= 4 is 24.6 Å². The third-order valence-electron chi connectivity index (χ3n) is 2.93. The van der Waals surface area contributed by atoms with Crippen LogP contribution in [0, 0.1) is 0 Å². The molecule has 4 nitrogen and oxygen atoms in total. The summed E-state index contributed by atoms with van der Waals surface area (Å²) in [5, 5.41) is 2.28. The molecule has 0 bridgehead atoms. The number of hydrogen-bond acceptors (Lipinski definition) is 4. The van der Waals surface area contributed by atoms with Gasteiger partial charge in [0.1, 0.15) is 6.10 Å². The molecule has 1 N–H and O–H groups in total. The van der Waals surface area contributed by atoms with Gasteiger partial charge in [-0.3, -0.25) is 10.1 Å². The van der Waals surface area contributed by atoms with Gasteiger partial charge in [0, 0.05) is 10.8 Å². The highest BCUT2D eigenvalue weighted by Gasteiger charge is 2.28. The van der Waals surface area contributed by atoms with E-state index in [1.165, 1.54) is 0 Å². The van der Waals surface area contributed by atoms with Crippen LogP contribution in [0.1, 0.15) is 29.6 Å². The topological polar surface area (TPSA) is 55.4 Å². The van der Waals surface area contributed by atoms with Crippen LogP contribution in [0.15, 0.2) is 30.3 Å². The molecule has 2 rings (SSSR count). The van der Waals surface area contributed by atoms with Gasteiger partial charge in [-0.15, -0.1) is 0 Å². The first-order chi connectivity index (χ1) is 8.66. The highest BCUT2D eigenvalue weighted by Crippen LogP contribution is 2.26. The Hall–Kier alpha value is -1.49. The van der Waals surface area contributed by atoms with Crippen LogP contribution in [0.4, 0.5) is 4.79 Å². The second-order valence-corrected chi connectivity index (χ2v) is 4.93. The molecule has 0 aliphatic heterocycles. The van der Waals surface area contributed by atoms with Crippen LogP contribution in [0.5, 0.6) is 0 Å². The van der Waals surface area contributed by atoms with Crippen molar-refractivity contribution in [3.8, 4) is 0 Å². The molecule has 18 heavy (non-hydrogen) atoms. The van der Waals surface area contributed by atoms with Gasteiger partial charge in [0.15, 0.2) is 0 Å². The molecule has 1 fully saturated rings. The number of nitrogens with one attached hydrogen (secondary N) is 1. The molecule has 1 aromatic carbocycles. The van der Waals surface area contributed by atoms with Crippen LogP contribution in [0.3, 0.4) is 0 Å². The van der Waals surface area contributed by atoms with Gasteiger partial charge in [0.25, 0.3) is 5.91 Å². The molecule has 1 aliphatic rings. The molecule has 1 aromatic rings. The average Bonchev–Trinajstić information content (AvgIpc) is 2.76. The lowest BCUT2D eigenvalue weighted by atomic mass is 10.2. The second kappa shape index (κ2) is 5.91. The normalized spacial score (nSPS) is 22.5. The number of hydrogen-bond donors (Lipinski definition) is 2. The summed E-state index contributed by atoms with van der Waals surface area (Å²) in [4.78, 5) is 23.2. The number of carbonyl (C=O) groups is 2. The zero-order valence-electron chi connectivity index (χ0n) is 9.83. The van der Waals surface area contributed by atoms with E-state index in [2.05, 4.69) is 17.9 Å². The molecule has 2 atom stereocenters. The Kier molecular flexibility index (Phi) is 4.25. The molecule has 0 spiro atoms. The van der Waals surface area contributed by atoms with Gasteiger partial charge in [-0.1, -0.05) is 18.2 Å². The summed E-state index contributed by atoms with van der Waals surface area (Å²) in [6, 6.07) is 8.56. The number of rotatable bonds is 2. The SMILES string of the molecule is O=C(NC(=O)c1ccccc1)O[C@@H]1CCC[C@H]1S. The highest BCUT2D eigenvalue weighted by molar-refractivity contribution is 7.81. The Bertz CT molecular complexity index is 435. The van der Waals surface area contributed by atoms with Crippen molar-refractivity contribution in [1.29, 1.82) is 0 Å². The highest BCUT2D eigenvalue weighted by atomic mass is 32.1. The number of ether oxygens (including phenoxy) is 1. The number of amides is 2. The maximum atomic E-state index is 11.7. The van der Waals surface area contributed by atoms with Gasteiger partial charge in [0.05, 0.1) is 0 Å². The van der Waals surface area contributed by atoms with Crippen molar-refractivity contribution in [2.75, 3.05) is 0 Å². The minimum Gasteiger partial charge on any atom is -0.445 e. The Morgan fingerprint density at radius 3 is 2.56 bits per heavy atom. The largest absolute Gasteiger partial charge is 0.445 e. The van der Waals surface area contributed by atoms with Crippen LogP contribution in [0.2, 0.25) is 0 Å². The number of imide groups is 1. The van der Waals surface area contributed by atoms with E-state index in [9.17, 15) is 9.59 Å². The Labute approximate surface area is 111 Å². The van der Waals surface area contributed by atoms with Crippen LogP contribution in [-0.2, 0) is 4.74 Å². The molecule has 0 heterocycles. The summed E-state index contributed by atoms with van der Waals surface area (Å²) in [6.45, 7) is 0. The predicted molar refractivity (Wildman–Crippen MR) is 70.8 cm³/mol. The van der Waals surface area contributed by atoms with E-state index < -0.39 is 12.0 Å². The van der Waals surface area contributed by atoms with E-state index in [1.807, 2.05) is 0 Å². The monoisotopic (exact) mass is 265 g/mol. The smallest absolute Gasteiger partial charge is 0.414 e. The third kappa shape index (κ3) is 3.26. The van der Waals surface area contributed by atoms with Crippen LogP contribution >= 0.6 is 12.6 Å². The molecular formula is C13H15NO3S. The molecule has 2 amide bonds. The second-order valence-electron chi connectivity index (χ2n) is 4.26. The van der Waals surface area contributed by atoms with Gasteiger partial charge in [0.2, 0.25) is 0 Å². The van der Waals surface area contributed by atoms with Crippen LogP contribution in [-0.4, -0.2) is 23.4 Å². The summed E-state index contributed by atoms with van der Waals surface area (Å²) < 4.78 is 5.17. The van der Waals surface area contributed by atoms with E-state index in [0.717, 1.165) is 19.3 Å². The maximum absolute atomic E-state index is 11.7. The van der Waals surface area contributed by atoms with E-state index in [4.69, 9.17) is 4.74 Å². The number of benzene rings is 1. The zero-order chi connectivity index (χ0) is 13.0. The fourth-order valence-electron chi connectivity index (χ4n) is 1.97. The first kappa shape index (κ1) is 13.0.